The zero-order valence-electron chi connectivity index (χ0n) is 13.2. The van der Waals surface area contributed by atoms with Gasteiger partial charge in [-0.1, -0.05) is 0 Å². The SMILES string of the molecule is COc1ccc(NC(=O)c2coc3cc(Br)c(O)c(Br)c23)cc1OC. The lowest BCUT2D eigenvalue weighted by Crippen LogP contribution is -2.11. The van der Waals surface area contributed by atoms with Crippen molar-refractivity contribution in [3.63, 3.8) is 0 Å². The molecule has 0 unspecified atom stereocenters. The number of rotatable bonds is 4. The van der Waals surface area contributed by atoms with Crippen LogP contribution in [0.1, 0.15) is 10.4 Å². The zero-order valence-corrected chi connectivity index (χ0v) is 16.4. The number of anilines is 1. The number of carbonyl (C=O) groups excluding carboxylic acids is 1. The third kappa shape index (κ3) is 3.19. The first-order chi connectivity index (χ1) is 12.0. The molecule has 3 rings (SSSR count). The van der Waals surface area contributed by atoms with Crippen molar-refractivity contribution >= 4 is 54.4 Å². The minimum atomic E-state index is -0.381. The van der Waals surface area contributed by atoms with Crippen LogP contribution in [-0.4, -0.2) is 25.2 Å². The number of halogens is 2. The maximum atomic E-state index is 12.6. The third-order valence-electron chi connectivity index (χ3n) is 3.62. The van der Waals surface area contributed by atoms with Crippen LogP contribution in [0.2, 0.25) is 0 Å². The number of methoxy groups -OCH3 is 2. The van der Waals surface area contributed by atoms with Gasteiger partial charge in [-0.2, -0.15) is 0 Å². The number of fused-ring (bicyclic) bond motifs is 1. The maximum absolute atomic E-state index is 12.6. The topological polar surface area (TPSA) is 80.9 Å². The molecular weight excluding hydrogens is 458 g/mol. The number of nitrogens with one attached hydrogen (secondary N) is 1. The van der Waals surface area contributed by atoms with E-state index in [-0.39, 0.29) is 11.7 Å². The van der Waals surface area contributed by atoms with E-state index in [2.05, 4.69) is 37.2 Å². The Balaban J connectivity index is 1.97. The van der Waals surface area contributed by atoms with Crippen LogP contribution in [-0.2, 0) is 0 Å². The molecule has 6 nitrogen and oxygen atoms in total. The van der Waals surface area contributed by atoms with Gasteiger partial charge in [0.15, 0.2) is 11.5 Å². The number of hydrogen-bond donors (Lipinski definition) is 2. The summed E-state index contributed by atoms with van der Waals surface area (Å²) >= 11 is 6.53. The molecule has 0 aliphatic heterocycles. The molecule has 0 fully saturated rings. The third-order valence-corrected chi connectivity index (χ3v) is 4.99. The van der Waals surface area contributed by atoms with Gasteiger partial charge in [-0.05, 0) is 50.1 Å². The van der Waals surface area contributed by atoms with E-state index in [1.165, 1.54) is 20.5 Å². The average Bonchev–Trinajstić information content (AvgIpc) is 3.03. The number of phenolic OH excluding ortho intramolecular Hbond substituents is 1. The van der Waals surface area contributed by atoms with Crippen LogP contribution < -0.4 is 14.8 Å². The maximum Gasteiger partial charge on any atom is 0.259 e. The van der Waals surface area contributed by atoms with Crippen molar-refractivity contribution < 1.29 is 23.8 Å². The zero-order chi connectivity index (χ0) is 18.1. The Kier molecular flexibility index (Phi) is 4.91. The van der Waals surface area contributed by atoms with Crippen molar-refractivity contribution in [1.82, 2.24) is 0 Å². The highest BCUT2D eigenvalue weighted by atomic mass is 79.9. The highest BCUT2D eigenvalue weighted by Crippen LogP contribution is 2.41. The molecule has 0 aliphatic rings. The van der Waals surface area contributed by atoms with Crippen LogP contribution in [0, 0.1) is 0 Å². The van der Waals surface area contributed by atoms with Crippen LogP contribution in [0.15, 0.2) is 43.9 Å². The van der Waals surface area contributed by atoms with Gasteiger partial charge in [-0.25, -0.2) is 0 Å². The standard InChI is InChI=1S/C17H13Br2NO5/c1-23-11-4-3-8(5-12(11)24-2)20-17(22)9-7-25-13-6-10(18)16(21)15(19)14(9)13/h3-7,21H,1-2H3,(H,20,22). The number of amides is 1. The number of hydrogen-bond acceptors (Lipinski definition) is 5. The Labute approximate surface area is 160 Å². The fourth-order valence-corrected chi connectivity index (χ4v) is 3.69. The Morgan fingerprint density at radius 3 is 2.56 bits per heavy atom. The number of phenols is 1. The number of aromatic hydroxyl groups is 1. The van der Waals surface area contributed by atoms with Crippen molar-refractivity contribution in [2.24, 2.45) is 0 Å². The molecule has 3 aromatic rings. The molecule has 0 spiro atoms. The van der Waals surface area contributed by atoms with Gasteiger partial charge in [0, 0.05) is 11.8 Å². The van der Waals surface area contributed by atoms with Gasteiger partial charge in [0.05, 0.1) is 34.1 Å². The van der Waals surface area contributed by atoms with Gasteiger partial charge >= 0.3 is 0 Å². The smallest absolute Gasteiger partial charge is 0.259 e. The summed E-state index contributed by atoms with van der Waals surface area (Å²) in [5, 5.41) is 13.3. The Bertz CT molecular complexity index is 967. The molecule has 8 heteroatoms. The largest absolute Gasteiger partial charge is 0.506 e. The first kappa shape index (κ1) is 17.6. The molecule has 0 saturated carbocycles. The van der Waals surface area contributed by atoms with E-state index < -0.39 is 0 Å². The molecule has 1 amide bonds. The number of ether oxygens (including phenoxy) is 2. The van der Waals surface area contributed by atoms with Gasteiger partial charge in [0.25, 0.3) is 5.91 Å². The number of benzene rings is 2. The molecule has 1 heterocycles. The van der Waals surface area contributed by atoms with Gasteiger partial charge in [-0.3, -0.25) is 4.79 Å². The molecule has 1 aromatic heterocycles. The second-order valence-corrected chi connectivity index (χ2v) is 6.71. The Morgan fingerprint density at radius 2 is 1.88 bits per heavy atom. The summed E-state index contributed by atoms with van der Waals surface area (Å²) < 4.78 is 16.7. The Morgan fingerprint density at radius 1 is 1.16 bits per heavy atom. The van der Waals surface area contributed by atoms with Gasteiger partial charge in [0.2, 0.25) is 0 Å². The monoisotopic (exact) mass is 469 g/mol. The van der Waals surface area contributed by atoms with Gasteiger partial charge in [-0.15, -0.1) is 0 Å². The predicted molar refractivity (Wildman–Crippen MR) is 101 cm³/mol. The summed E-state index contributed by atoms with van der Waals surface area (Å²) in [6.45, 7) is 0. The fraction of sp³-hybridized carbons (Fsp3) is 0.118. The van der Waals surface area contributed by atoms with Crippen molar-refractivity contribution in [1.29, 1.82) is 0 Å². The summed E-state index contributed by atoms with van der Waals surface area (Å²) in [7, 11) is 3.06. The van der Waals surface area contributed by atoms with E-state index in [1.807, 2.05) is 0 Å². The second-order valence-electron chi connectivity index (χ2n) is 5.07. The molecule has 2 aromatic carbocycles. The van der Waals surface area contributed by atoms with Crippen molar-refractivity contribution in [2.75, 3.05) is 19.5 Å². The summed E-state index contributed by atoms with van der Waals surface area (Å²) in [6.07, 6.45) is 1.34. The lowest BCUT2D eigenvalue weighted by molar-refractivity contribution is 0.102. The first-order valence-corrected chi connectivity index (χ1v) is 8.66. The normalized spacial score (nSPS) is 10.7. The van der Waals surface area contributed by atoms with E-state index in [0.717, 1.165) is 0 Å². The fourth-order valence-electron chi connectivity index (χ4n) is 2.39. The van der Waals surface area contributed by atoms with Crippen molar-refractivity contribution in [3.8, 4) is 17.2 Å². The predicted octanol–water partition coefficient (Wildman–Crippen LogP) is 4.93. The molecular formula is C17H13Br2NO5. The van der Waals surface area contributed by atoms with Crippen LogP contribution in [0.4, 0.5) is 5.69 Å². The summed E-state index contributed by atoms with van der Waals surface area (Å²) in [4.78, 5) is 12.6. The average molecular weight is 471 g/mol. The van der Waals surface area contributed by atoms with E-state index in [0.29, 0.717) is 42.7 Å². The molecule has 25 heavy (non-hydrogen) atoms. The number of furan rings is 1. The second kappa shape index (κ2) is 6.97. The minimum absolute atomic E-state index is 0.00549. The molecule has 0 radical (unpaired) electrons. The highest BCUT2D eigenvalue weighted by Gasteiger charge is 2.20. The summed E-state index contributed by atoms with van der Waals surface area (Å²) in [5.41, 5.74) is 1.29. The molecule has 0 atom stereocenters. The van der Waals surface area contributed by atoms with Crippen LogP contribution in [0.5, 0.6) is 17.2 Å². The number of carbonyl (C=O) groups is 1. The molecule has 130 valence electrons. The van der Waals surface area contributed by atoms with E-state index in [4.69, 9.17) is 13.9 Å². The van der Waals surface area contributed by atoms with E-state index in [1.54, 1.807) is 24.3 Å². The van der Waals surface area contributed by atoms with Crippen LogP contribution in [0.3, 0.4) is 0 Å². The van der Waals surface area contributed by atoms with E-state index in [9.17, 15) is 9.90 Å². The lowest BCUT2D eigenvalue weighted by Gasteiger charge is -2.10. The summed E-state index contributed by atoms with van der Waals surface area (Å²) in [5.74, 6) is 0.675. The molecule has 0 bridgehead atoms. The van der Waals surface area contributed by atoms with Crippen LogP contribution >= 0.6 is 31.9 Å². The summed E-state index contributed by atoms with van der Waals surface area (Å²) in [6, 6.07) is 6.65. The lowest BCUT2D eigenvalue weighted by atomic mass is 10.1. The van der Waals surface area contributed by atoms with E-state index >= 15 is 0 Å². The van der Waals surface area contributed by atoms with Crippen LogP contribution in [0.25, 0.3) is 11.0 Å². The quantitative estimate of drug-likeness (QED) is 0.564. The van der Waals surface area contributed by atoms with Gasteiger partial charge < -0.3 is 24.3 Å². The highest BCUT2D eigenvalue weighted by molar-refractivity contribution is 9.11. The van der Waals surface area contributed by atoms with Crippen molar-refractivity contribution in [2.45, 2.75) is 0 Å². The minimum Gasteiger partial charge on any atom is -0.506 e. The molecule has 0 aliphatic carbocycles. The molecule has 2 N–H and O–H groups in total. The Hall–Kier alpha value is -2.19. The van der Waals surface area contributed by atoms with Gasteiger partial charge in [0.1, 0.15) is 17.6 Å². The first-order valence-electron chi connectivity index (χ1n) is 7.07. The molecule has 0 saturated heterocycles. The van der Waals surface area contributed by atoms with Crippen molar-refractivity contribution in [3.05, 3.63) is 45.0 Å².